The first-order chi connectivity index (χ1) is 7.88. The highest BCUT2D eigenvalue weighted by Crippen LogP contribution is 2.13. The molecule has 5 heteroatoms. The smallest absolute Gasteiger partial charge is 0.537 e. The van der Waals surface area contributed by atoms with Crippen molar-refractivity contribution in [3.8, 4) is 5.75 Å². The largest absolute Gasteiger partial charge is 0.569 e. The predicted octanol–water partition coefficient (Wildman–Crippen LogP) is 0.424. The van der Waals surface area contributed by atoms with Gasteiger partial charge < -0.3 is 14.4 Å². The first kappa shape index (κ1) is 11.5. The lowest BCUT2D eigenvalue weighted by molar-refractivity contribution is 0.0342. The van der Waals surface area contributed by atoms with Crippen LogP contribution in [0.15, 0.2) is 24.3 Å². The van der Waals surface area contributed by atoms with Crippen LogP contribution in [0.2, 0.25) is 0 Å². The predicted molar refractivity (Wildman–Crippen MR) is 61.1 cm³/mol. The van der Waals surface area contributed by atoms with Crippen molar-refractivity contribution in [2.45, 2.75) is 6.54 Å². The molecule has 4 nitrogen and oxygen atoms in total. The van der Waals surface area contributed by atoms with E-state index < -0.39 is 0 Å². The molecule has 0 aliphatic carbocycles. The molecule has 0 amide bonds. The maximum absolute atomic E-state index is 8.48. The van der Waals surface area contributed by atoms with Crippen molar-refractivity contribution in [1.29, 1.82) is 0 Å². The summed E-state index contributed by atoms with van der Waals surface area (Å²) in [5.41, 5.74) is 1.24. The van der Waals surface area contributed by atoms with Crippen LogP contribution in [0.3, 0.4) is 0 Å². The molecule has 85 valence electrons. The van der Waals surface area contributed by atoms with Crippen molar-refractivity contribution in [3.05, 3.63) is 29.8 Å². The van der Waals surface area contributed by atoms with E-state index >= 15 is 0 Å². The van der Waals surface area contributed by atoms with E-state index in [0.717, 1.165) is 32.8 Å². The molecule has 1 aliphatic heterocycles. The molecule has 1 aromatic rings. The molecule has 0 bridgehead atoms. The van der Waals surface area contributed by atoms with E-state index in [1.54, 1.807) is 0 Å². The average Bonchev–Trinajstić information content (AvgIpc) is 2.33. The van der Waals surface area contributed by atoms with Gasteiger partial charge in [-0.05, 0) is 17.7 Å². The molecule has 1 heterocycles. The molecule has 1 saturated heterocycles. The summed E-state index contributed by atoms with van der Waals surface area (Å²) in [4.78, 5) is 2.36. The summed E-state index contributed by atoms with van der Waals surface area (Å²) >= 11 is 0. The maximum atomic E-state index is 8.48. The number of ether oxygens (including phenoxy) is 1. The van der Waals surface area contributed by atoms with E-state index in [0.29, 0.717) is 13.4 Å². The third kappa shape index (κ3) is 3.23. The Bertz CT molecular complexity index is 312. The standard InChI is InChI=1S/C11H15BNO3/c14-12-16-11-3-1-10(2-4-11)9-13-5-7-15-8-6-13/h1-4,14H,5-9H2. The summed E-state index contributed by atoms with van der Waals surface area (Å²) in [5, 5.41) is 8.48. The number of rotatable bonds is 4. The van der Waals surface area contributed by atoms with Crippen molar-refractivity contribution in [3.63, 3.8) is 0 Å². The summed E-state index contributed by atoms with van der Waals surface area (Å²) in [6.45, 7) is 4.55. The normalized spacial score (nSPS) is 17.1. The number of hydrogen-bond donors (Lipinski definition) is 1. The van der Waals surface area contributed by atoms with Crippen LogP contribution in [-0.2, 0) is 11.3 Å². The molecular formula is C11H15BNO3. The quantitative estimate of drug-likeness (QED) is 0.747. The Labute approximate surface area is 96.1 Å². The topological polar surface area (TPSA) is 41.9 Å². The first-order valence-corrected chi connectivity index (χ1v) is 5.40. The second kappa shape index (κ2) is 5.89. The third-order valence-corrected chi connectivity index (χ3v) is 2.62. The number of hydrogen-bond acceptors (Lipinski definition) is 4. The van der Waals surface area contributed by atoms with Gasteiger partial charge in [0.25, 0.3) is 0 Å². The van der Waals surface area contributed by atoms with Gasteiger partial charge in [0.2, 0.25) is 0 Å². The van der Waals surface area contributed by atoms with Crippen molar-refractivity contribution in [2.24, 2.45) is 0 Å². The molecule has 1 aromatic carbocycles. The van der Waals surface area contributed by atoms with E-state index in [1.165, 1.54) is 5.56 Å². The van der Waals surface area contributed by atoms with Gasteiger partial charge in [0.15, 0.2) is 0 Å². The van der Waals surface area contributed by atoms with Crippen LogP contribution in [0, 0.1) is 0 Å². The molecule has 0 aromatic heterocycles. The molecule has 0 unspecified atom stereocenters. The highest BCUT2D eigenvalue weighted by molar-refractivity contribution is 6.17. The van der Waals surface area contributed by atoms with Crippen LogP contribution < -0.4 is 4.65 Å². The van der Waals surface area contributed by atoms with Gasteiger partial charge in [-0.25, -0.2) is 0 Å². The zero-order valence-electron chi connectivity index (χ0n) is 9.13. The monoisotopic (exact) mass is 220 g/mol. The minimum atomic E-state index is 0.647. The van der Waals surface area contributed by atoms with E-state index in [2.05, 4.69) is 4.90 Å². The lowest BCUT2D eigenvalue weighted by Crippen LogP contribution is -2.35. The fourth-order valence-corrected chi connectivity index (χ4v) is 1.75. The number of morpholine rings is 1. The molecule has 0 saturated carbocycles. The maximum Gasteiger partial charge on any atom is 0.569 e. The molecule has 2 rings (SSSR count). The number of nitrogens with zero attached hydrogens (tertiary/aromatic N) is 1. The lowest BCUT2D eigenvalue weighted by Gasteiger charge is -2.26. The van der Waals surface area contributed by atoms with Crippen LogP contribution in [0.25, 0.3) is 0 Å². The highest BCUT2D eigenvalue weighted by atomic mass is 16.5. The van der Waals surface area contributed by atoms with Crippen molar-refractivity contribution in [2.75, 3.05) is 26.3 Å². The Hall–Kier alpha value is -1.04. The first-order valence-electron chi connectivity index (χ1n) is 5.40. The van der Waals surface area contributed by atoms with Gasteiger partial charge in [-0.1, -0.05) is 12.1 Å². The van der Waals surface area contributed by atoms with Crippen LogP contribution in [0.5, 0.6) is 5.75 Å². The minimum Gasteiger partial charge on any atom is -0.537 e. The van der Waals surface area contributed by atoms with Crippen LogP contribution >= 0.6 is 0 Å². The van der Waals surface area contributed by atoms with E-state index in [-0.39, 0.29) is 0 Å². The highest BCUT2D eigenvalue weighted by Gasteiger charge is 2.10. The molecule has 1 N–H and O–H groups in total. The summed E-state index contributed by atoms with van der Waals surface area (Å²) in [6, 6.07) is 7.72. The van der Waals surface area contributed by atoms with Crippen molar-refractivity contribution < 1.29 is 14.4 Å². The van der Waals surface area contributed by atoms with Gasteiger partial charge in [-0.3, -0.25) is 4.90 Å². The Morgan fingerprint density at radius 3 is 2.56 bits per heavy atom. The van der Waals surface area contributed by atoms with Crippen molar-refractivity contribution in [1.82, 2.24) is 4.90 Å². The van der Waals surface area contributed by atoms with Crippen molar-refractivity contribution >= 4 is 7.69 Å². The van der Waals surface area contributed by atoms with Crippen LogP contribution in [0.4, 0.5) is 0 Å². The van der Waals surface area contributed by atoms with E-state index in [4.69, 9.17) is 14.4 Å². The lowest BCUT2D eigenvalue weighted by atomic mass is 10.2. The summed E-state index contributed by atoms with van der Waals surface area (Å²) in [5.74, 6) is 0.647. The van der Waals surface area contributed by atoms with Crippen LogP contribution in [-0.4, -0.2) is 43.9 Å². The molecule has 0 atom stereocenters. The zero-order chi connectivity index (χ0) is 11.2. The SMILES string of the molecule is O[B]Oc1ccc(CN2CCOCC2)cc1. The molecule has 1 fully saturated rings. The summed E-state index contributed by atoms with van der Waals surface area (Å²) < 4.78 is 10.1. The third-order valence-electron chi connectivity index (χ3n) is 2.62. The number of benzene rings is 1. The van der Waals surface area contributed by atoms with Gasteiger partial charge in [-0.2, -0.15) is 0 Å². The van der Waals surface area contributed by atoms with E-state index in [9.17, 15) is 0 Å². The summed E-state index contributed by atoms with van der Waals surface area (Å²) in [6.07, 6.45) is 0. The molecule has 1 radical (unpaired) electrons. The fourth-order valence-electron chi connectivity index (χ4n) is 1.75. The molecular weight excluding hydrogens is 205 g/mol. The Morgan fingerprint density at radius 1 is 1.25 bits per heavy atom. The van der Waals surface area contributed by atoms with Gasteiger partial charge in [-0.15, -0.1) is 0 Å². The second-order valence-corrected chi connectivity index (χ2v) is 3.76. The van der Waals surface area contributed by atoms with E-state index in [1.807, 2.05) is 24.3 Å². The Balaban J connectivity index is 1.88. The van der Waals surface area contributed by atoms with Crippen LogP contribution in [0.1, 0.15) is 5.56 Å². The second-order valence-electron chi connectivity index (χ2n) is 3.76. The zero-order valence-corrected chi connectivity index (χ0v) is 9.13. The fraction of sp³-hybridized carbons (Fsp3) is 0.455. The Morgan fingerprint density at radius 2 is 1.94 bits per heavy atom. The summed E-state index contributed by atoms with van der Waals surface area (Å²) in [7, 11) is 0.691. The molecule has 16 heavy (non-hydrogen) atoms. The average molecular weight is 220 g/mol. The molecule has 1 aliphatic rings. The van der Waals surface area contributed by atoms with Gasteiger partial charge in [0.05, 0.1) is 19.0 Å². The van der Waals surface area contributed by atoms with Gasteiger partial charge in [0, 0.05) is 19.6 Å². The van der Waals surface area contributed by atoms with Gasteiger partial charge in [0.1, 0.15) is 0 Å². The minimum absolute atomic E-state index is 0.647. The molecule has 0 spiro atoms. The Kier molecular flexibility index (Phi) is 4.21. The van der Waals surface area contributed by atoms with Gasteiger partial charge >= 0.3 is 7.69 Å².